The number of amides is 2. The highest BCUT2D eigenvalue weighted by Gasteiger charge is 2.42. The van der Waals surface area contributed by atoms with Gasteiger partial charge in [0.1, 0.15) is 0 Å². The summed E-state index contributed by atoms with van der Waals surface area (Å²) in [7, 11) is 0. The fourth-order valence-electron chi connectivity index (χ4n) is 4.62. The van der Waals surface area contributed by atoms with Gasteiger partial charge < -0.3 is 9.80 Å². The first-order valence-corrected chi connectivity index (χ1v) is 12.7. The predicted octanol–water partition coefficient (Wildman–Crippen LogP) is 5.04. The number of carbonyl (C=O) groups is 2. The van der Waals surface area contributed by atoms with E-state index in [-0.39, 0.29) is 17.2 Å². The van der Waals surface area contributed by atoms with E-state index in [0.29, 0.717) is 0 Å². The van der Waals surface area contributed by atoms with Crippen molar-refractivity contribution < 1.29 is 9.59 Å². The lowest BCUT2D eigenvalue weighted by atomic mass is 9.78. The minimum Gasteiger partial charge on any atom is -0.339 e. The molecule has 1 spiro atoms. The molecule has 0 saturated carbocycles. The number of nitrogens with zero attached hydrogens (tertiary/aromatic N) is 3. The zero-order valence-corrected chi connectivity index (χ0v) is 19.4. The molecule has 0 atom stereocenters. The van der Waals surface area contributed by atoms with Crippen LogP contribution in [0, 0.1) is 5.41 Å². The summed E-state index contributed by atoms with van der Waals surface area (Å²) in [5.74, 6) is 0.198. The first-order valence-electron chi connectivity index (χ1n) is 10.9. The third-order valence-electron chi connectivity index (χ3n) is 6.56. The molecule has 0 aliphatic carbocycles. The molecule has 0 bridgehead atoms. The van der Waals surface area contributed by atoms with Crippen molar-refractivity contribution in [2.75, 3.05) is 26.2 Å². The molecule has 5 nitrogen and oxygen atoms in total. The Bertz CT molecular complexity index is 1110. The molecule has 2 amide bonds. The molecule has 3 aromatic rings. The van der Waals surface area contributed by atoms with Gasteiger partial charge in [-0.15, -0.1) is 11.3 Å². The minimum atomic E-state index is 0.0811. The quantitative estimate of drug-likeness (QED) is 0.510. The van der Waals surface area contributed by atoms with E-state index < -0.39 is 0 Å². The van der Waals surface area contributed by atoms with Crippen LogP contribution in [0.3, 0.4) is 0 Å². The Balaban J connectivity index is 1.17. The van der Waals surface area contributed by atoms with Crippen molar-refractivity contribution >= 4 is 40.6 Å². The number of hydrogen-bond donors (Lipinski definition) is 0. The molecule has 164 valence electrons. The summed E-state index contributed by atoms with van der Waals surface area (Å²) in [6.07, 6.45) is 8.27. The van der Waals surface area contributed by atoms with Crippen LogP contribution >= 0.6 is 22.7 Å². The topological polar surface area (TPSA) is 53.5 Å². The molecule has 2 aliphatic rings. The molecule has 32 heavy (non-hydrogen) atoms. The summed E-state index contributed by atoms with van der Waals surface area (Å²) in [5, 5.41) is 4.05. The highest BCUT2D eigenvalue weighted by atomic mass is 32.1. The van der Waals surface area contributed by atoms with Crippen LogP contribution in [0.2, 0.25) is 0 Å². The highest BCUT2D eigenvalue weighted by Crippen LogP contribution is 2.41. The Morgan fingerprint density at radius 1 is 1.00 bits per heavy atom. The lowest BCUT2D eigenvalue weighted by Gasteiger charge is -2.38. The normalized spacial score (nSPS) is 18.0. The molecular formula is C25H25N3O2S2. The van der Waals surface area contributed by atoms with Crippen molar-refractivity contribution in [3.63, 3.8) is 0 Å². The number of hydrogen-bond acceptors (Lipinski definition) is 5. The van der Waals surface area contributed by atoms with Gasteiger partial charge in [0, 0.05) is 38.5 Å². The van der Waals surface area contributed by atoms with Crippen LogP contribution in [0.5, 0.6) is 0 Å². The summed E-state index contributed by atoms with van der Waals surface area (Å²) in [5.41, 5.74) is 2.12. The van der Waals surface area contributed by atoms with Crippen LogP contribution in [0.15, 0.2) is 59.4 Å². The van der Waals surface area contributed by atoms with Gasteiger partial charge in [0.25, 0.3) is 5.91 Å². The van der Waals surface area contributed by atoms with Crippen LogP contribution < -0.4 is 0 Å². The number of thiophene rings is 2. The number of carbonyl (C=O) groups excluding carboxylic acids is 2. The smallest absolute Gasteiger partial charge is 0.263 e. The molecular weight excluding hydrogens is 438 g/mol. The van der Waals surface area contributed by atoms with E-state index in [1.165, 1.54) is 11.3 Å². The summed E-state index contributed by atoms with van der Waals surface area (Å²) in [6, 6.07) is 11.7. The first-order chi connectivity index (χ1) is 15.6. The SMILES string of the molecule is O=C(C=Cc1ccsc1)N1CCC2(CC1)CCN(C(=O)c1ccc(-c3ccccn3)s1)C2. The molecule has 5 rings (SSSR count). The number of pyridine rings is 1. The van der Waals surface area contributed by atoms with Gasteiger partial charge in [-0.2, -0.15) is 11.3 Å². The molecule has 7 heteroatoms. The second-order valence-corrected chi connectivity index (χ2v) is 10.4. The van der Waals surface area contributed by atoms with E-state index in [9.17, 15) is 9.59 Å². The Morgan fingerprint density at radius 2 is 1.81 bits per heavy atom. The van der Waals surface area contributed by atoms with Gasteiger partial charge >= 0.3 is 0 Å². The van der Waals surface area contributed by atoms with Gasteiger partial charge in [0.05, 0.1) is 15.4 Å². The monoisotopic (exact) mass is 463 g/mol. The van der Waals surface area contributed by atoms with Crippen molar-refractivity contribution in [2.24, 2.45) is 5.41 Å². The maximum atomic E-state index is 13.1. The summed E-state index contributed by atoms with van der Waals surface area (Å²) in [4.78, 5) is 35.8. The molecule has 5 heterocycles. The second-order valence-electron chi connectivity index (χ2n) is 8.57. The van der Waals surface area contributed by atoms with Crippen molar-refractivity contribution in [3.05, 3.63) is 69.9 Å². The van der Waals surface area contributed by atoms with Gasteiger partial charge in [0.15, 0.2) is 0 Å². The van der Waals surface area contributed by atoms with E-state index in [1.54, 1.807) is 23.6 Å². The van der Waals surface area contributed by atoms with Gasteiger partial charge in [-0.05, 0) is 77.4 Å². The third kappa shape index (κ3) is 4.40. The fourth-order valence-corrected chi connectivity index (χ4v) is 6.19. The standard InChI is InChI=1S/C25H25N3O2S2/c29-23(7-4-19-8-16-31-17-19)27-13-9-25(10-14-27)11-15-28(18-25)24(30)22-6-5-21(32-22)20-3-1-2-12-26-20/h1-8,12,16-17H,9-11,13-15,18H2. The van der Waals surface area contributed by atoms with Crippen molar-refractivity contribution in [2.45, 2.75) is 19.3 Å². The summed E-state index contributed by atoms with van der Waals surface area (Å²) in [6.45, 7) is 3.10. The van der Waals surface area contributed by atoms with E-state index >= 15 is 0 Å². The molecule has 2 saturated heterocycles. The number of rotatable bonds is 4. The Labute approximate surface area is 196 Å². The molecule has 0 N–H and O–H groups in total. The third-order valence-corrected chi connectivity index (χ3v) is 8.35. The Hall–Kier alpha value is -2.77. The van der Waals surface area contributed by atoms with E-state index in [0.717, 1.165) is 66.5 Å². The predicted molar refractivity (Wildman–Crippen MR) is 130 cm³/mol. The minimum absolute atomic E-state index is 0.0811. The van der Waals surface area contributed by atoms with Crippen molar-refractivity contribution in [1.29, 1.82) is 0 Å². The number of aromatic nitrogens is 1. The maximum absolute atomic E-state index is 13.1. The lowest BCUT2D eigenvalue weighted by Crippen LogP contribution is -2.44. The Kier molecular flexibility index (Phi) is 5.93. The lowest BCUT2D eigenvalue weighted by molar-refractivity contribution is -0.128. The van der Waals surface area contributed by atoms with Crippen molar-refractivity contribution in [1.82, 2.24) is 14.8 Å². The molecule has 0 aromatic carbocycles. The zero-order valence-electron chi connectivity index (χ0n) is 17.8. The first kappa shape index (κ1) is 21.1. The second kappa shape index (κ2) is 9.00. The van der Waals surface area contributed by atoms with E-state index in [2.05, 4.69) is 4.98 Å². The average molecular weight is 464 g/mol. The fraction of sp³-hybridized carbons (Fsp3) is 0.320. The number of likely N-dealkylation sites (tertiary alicyclic amines) is 2. The molecule has 2 aliphatic heterocycles. The van der Waals surface area contributed by atoms with E-state index in [4.69, 9.17) is 0 Å². The summed E-state index contributed by atoms with van der Waals surface area (Å²) >= 11 is 3.14. The van der Waals surface area contributed by atoms with Gasteiger partial charge in [0.2, 0.25) is 5.91 Å². The molecule has 0 unspecified atom stereocenters. The molecule has 2 fully saturated rings. The van der Waals surface area contributed by atoms with Gasteiger partial charge in [-0.3, -0.25) is 14.6 Å². The number of piperidine rings is 1. The van der Waals surface area contributed by atoms with Crippen LogP contribution in [0.25, 0.3) is 16.6 Å². The Morgan fingerprint density at radius 3 is 2.53 bits per heavy atom. The highest BCUT2D eigenvalue weighted by molar-refractivity contribution is 7.17. The largest absolute Gasteiger partial charge is 0.339 e. The zero-order chi connectivity index (χ0) is 22.0. The maximum Gasteiger partial charge on any atom is 0.263 e. The van der Waals surface area contributed by atoms with Crippen LogP contribution in [-0.2, 0) is 4.79 Å². The van der Waals surface area contributed by atoms with E-state index in [1.807, 2.05) is 63.0 Å². The van der Waals surface area contributed by atoms with Crippen LogP contribution in [0.4, 0.5) is 0 Å². The van der Waals surface area contributed by atoms with Crippen molar-refractivity contribution in [3.8, 4) is 10.6 Å². The molecule has 0 radical (unpaired) electrons. The average Bonchev–Trinajstić information content (AvgIpc) is 3.60. The molecule has 3 aromatic heterocycles. The van der Waals surface area contributed by atoms with Gasteiger partial charge in [-0.25, -0.2) is 0 Å². The van der Waals surface area contributed by atoms with Crippen LogP contribution in [-0.4, -0.2) is 52.8 Å². The summed E-state index contributed by atoms with van der Waals surface area (Å²) < 4.78 is 0. The van der Waals surface area contributed by atoms with Crippen LogP contribution in [0.1, 0.15) is 34.5 Å². The van der Waals surface area contributed by atoms with Gasteiger partial charge in [-0.1, -0.05) is 6.07 Å².